The van der Waals surface area contributed by atoms with E-state index in [1.54, 1.807) is 0 Å². The van der Waals surface area contributed by atoms with Gasteiger partial charge < -0.3 is 8.98 Å². The number of para-hydroxylation sites is 2. The third-order valence-corrected chi connectivity index (χ3v) is 14.0. The van der Waals surface area contributed by atoms with Gasteiger partial charge in [0.1, 0.15) is 11.2 Å². The minimum Gasteiger partial charge on any atom is -0.456 e. The molecular weight excluding hydrogens is 663 g/mol. The van der Waals surface area contributed by atoms with Gasteiger partial charge in [0.25, 0.3) is 0 Å². The van der Waals surface area contributed by atoms with Crippen molar-refractivity contribution in [1.29, 1.82) is 0 Å². The van der Waals surface area contributed by atoms with Gasteiger partial charge in [-0.05, 0) is 108 Å². The van der Waals surface area contributed by atoms with Crippen molar-refractivity contribution in [3.63, 3.8) is 0 Å². The number of hydrogen-bond acceptors (Lipinski definition) is 1. The molecule has 10 rings (SSSR count). The molecule has 0 N–H and O–H groups in total. The Hall–Kier alpha value is -6.29. The smallest absolute Gasteiger partial charge is 0.135 e. The molecule has 0 bridgehead atoms. The van der Waals surface area contributed by atoms with Crippen LogP contribution in [0.15, 0.2) is 224 Å². The highest BCUT2D eigenvalue weighted by molar-refractivity contribution is 8.34. The van der Waals surface area contributed by atoms with Crippen LogP contribution in [0.5, 0.6) is 0 Å². The van der Waals surface area contributed by atoms with Crippen LogP contribution in [0, 0.1) is 0 Å². The SMILES string of the molecule is CC.c1ccc(-n2c3ccccc3c3cc(-c4ccc5oc6ccc(S(c7ccccc7)(c7ccccc7)c7ccccc7)cc6c5c4)ccc32)cc1. The normalized spacial score (nSPS) is 11.9. The first kappa shape index (κ1) is 32.6. The lowest BCUT2D eigenvalue weighted by molar-refractivity contribution is 0.668. The molecule has 0 radical (unpaired) electrons. The number of benzene rings is 8. The summed E-state index contributed by atoms with van der Waals surface area (Å²) in [6.45, 7) is 4.00. The summed E-state index contributed by atoms with van der Waals surface area (Å²) >= 11 is 0. The zero-order valence-corrected chi connectivity index (χ0v) is 30.6. The van der Waals surface area contributed by atoms with E-state index < -0.39 is 10.0 Å². The van der Waals surface area contributed by atoms with Gasteiger partial charge in [-0.2, -0.15) is 0 Å². The zero-order chi connectivity index (χ0) is 35.8. The van der Waals surface area contributed by atoms with E-state index in [4.69, 9.17) is 4.42 Å². The van der Waals surface area contributed by atoms with E-state index in [9.17, 15) is 0 Å². The van der Waals surface area contributed by atoms with Crippen LogP contribution in [0.3, 0.4) is 0 Å². The molecule has 53 heavy (non-hydrogen) atoms. The summed E-state index contributed by atoms with van der Waals surface area (Å²) in [6.07, 6.45) is 0. The summed E-state index contributed by atoms with van der Waals surface area (Å²) in [4.78, 5) is 5.19. The average Bonchev–Trinajstić information content (AvgIpc) is 3.78. The van der Waals surface area contributed by atoms with Crippen molar-refractivity contribution in [3.05, 3.63) is 200 Å². The van der Waals surface area contributed by atoms with Crippen molar-refractivity contribution < 1.29 is 4.42 Å². The Bertz CT molecular complexity index is 2740. The van der Waals surface area contributed by atoms with Crippen LogP contribution in [0.2, 0.25) is 0 Å². The third kappa shape index (κ3) is 5.35. The molecule has 0 spiro atoms. The molecule has 10 aromatic rings. The van der Waals surface area contributed by atoms with E-state index in [2.05, 4.69) is 205 Å². The van der Waals surface area contributed by atoms with Gasteiger partial charge in [-0.25, -0.2) is 0 Å². The highest BCUT2D eigenvalue weighted by Gasteiger charge is 2.33. The van der Waals surface area contributed by atoms with Gasteiger partial charge in [0.2, 0.25) is 0 Å². The van der Waals surface area contributed by atoms with Crippen LogP contribution in [-0.2, 0) is 0 Å². The molecule has 2 aromatic heterocycles. The third-order valence-electron chi connectivity index (χ3n) is 10.1. The standard InChI is InChI=1S/C48H33NOS.C2H6/c1-5-15-36(16-6-1)49-45-24-14-13-23-41(45)42-31-34(25-28-46(42)49)35-26-29-47-43(32-35)44-33-40(27-30-48(44)50-47)51(37-17-7-2-8-18-37,38-19-9-3-10-20-38)39-21-11-4-12-22-39;1-2/h1-33H;1-2H3. The molecule has 256 valence electrons. The Morgan fingerprint density at radius 3 is 1.42 bits per heavy atom. The highest BCUT2D eigenvalue weighted by atomic mass is 32.3. The van der Waals surface area contributed by atoms with E-state index in [0.717, 1.165) is 21.9 Å². The minimum absolute atomic E-state index is 0.896. The summed E-state index contributed by atoms with van der Waals surface area (Å²) in [5.41, 5.74) is 7.72. The van der Waals surface area contributed by atoms with Crippen molar-refractivity contribution in [1.82, 2.24) is 4.57 Å². The molecule has 3 heteroatoms. The summed E-state index contributed by atoms with van der Waals surface area (Å²) in [6, 6.07) is 72.7. The van der Waals surface area contributed by atoms with Crippen molar-refractivity contribution in [2.24, 2.45) is 0 Å². The Morgan fingerprint density at radius 2 is 0.811 bits per heavy atom. The molecule has 0 aliphatic carbocycles. The molecule has 0 aliphatic heterocycles. The fraction of sp³-hybridized carbons (Fsp3) is 0.0400. The van der Waals surface area contributed by atoms with Crippen molar-refractivity contribution in [2.45, 2.75) is 33.4 Å². The van der Waals surface area contributed by atoms with Gasteiger partial charge in [-0.15, -0.1) is 10.0 Å². The number of furan rings is 1. The van der Waals surface area contributed by atoms with E-state index in [1.165, 1.54) is 58.2 Å². The Kier molecular flexibility index (Phi) is 8.42. The molecule has 8 aromatic carbocycles. The van der Waals surface area contributed by atoms with Crippen LogP contribution >= 0.6 is 10.0 Å². The van der Waals surface area contributed by atoms with Gasteiger partial charge in [-0.1, -0.05) is 117 Å². The van der Waals surface area contributed by atoms with Gasteiger partial charge >= 0.3 is 0 Å². The Labute approximate surface area is 311 Å². The highest BCUT2D eigenvalue weighted by Crippen LogP contribution is 2.73. The molecule has 0 amide bonds. The summed E-state index contributed by atoms with van der Waals surface area (Å²) in [7, 11) is -1.82. The van der Waals surface area contributed by atoms with Crippen LogP contribution in [0.4, 0.5) is 0 Å². The van der Waals surface area contributed by atoms with Crippen LogP contribution in [0.1, 0.15) is 13.8 Å². The first-order valence-corrected chi connectivity index (χ1v) is 20.0. The van der Waals surface area contributed by atoms with E-state index in [0.29, 0.717) is 0 Å². The molecule has 0 fully saturated rings. The lowest BCUT2D eigenvalue weighted by Crippen LogP contribution is -2.04. The molecule has 2 heterocycles. The molecule has 0 saturated heterocycles. The first-order chi connectivity index (χ1) is 26.3. The molecular formula is C50H39NOS. The Balaban J connectivity index is 0.00000183. The molecule has 0 atom stereocenters. The van der Waals surface area contributed by atoms with Crippen molar-refractivity contribution in [2.75, 3.05) is 0 Å². The second-order valence-corrected chi connectivity index (χ2v) is 16.1. The maximum Gasteiger partial charge on any atom is 0.135 e. The number of rotatable bonds is 6. The van der Waals surface area contributed by atoms with Crippen LogP contribution in [0.25, 0.3) is 60.6 Å². The lowest BCUT2D eigenvalue weighted by Gasteiger charge is -2.42. The van der Waals surface area contributed by atoms with E-state index in [1.807, 2.05) is 13.8 Å². The second-order valence-electron chi connectivity index (χ2n) is 12.9. The second kappa shape index (κ2) is 13.7. The molecule has 0 aliphatic rings. The predicted molar refractivity (Wildman–Crippen MR) is 225 cm³/mol. The zero-order valence-electron chi connectivity index (χ0n) is 29.8. The molecule has 2 nitrogen and oxygen atoms in total. The van der Waals surface area contributed by atoms with Crippen LogP contribution < -0.4 is 0 Å². The quantitative estimate of drug-likeness (QED) is 0.169. The van der Waals surface area contributed by atoms with Crippen LogP contribution in [-0.4, -0.2) is 4.57 Å². The maximum absolute atomic E-state index is 6.51. The topological polar surface area (TPSA) is 18.1 Å². The first-order valence-electron chi connectivity index (χ1n) is 18.3. The minimum atomic E-state index is -1.82. The van der Waals surface area contributed by atoms with Crippen molar-refractivity contribution >= 4 is 53.8 Å². The number of aromatic nitrogens is 1. The average molecular weight is 702 g/mol. The Morgan fingerprint density at radius 1 is 0.358 bits per heavy atom. The van der Waals surface area contributed by atoms with Gasteiger partial charge in [-0.3, -0.25) is 0 Å². The van der Waals surface area contributed by atoms with Crippen molar-refractivity contribution in [3.8, 4) is 16.8 Å². The van der Waals surface area contributed by atoms with Gasteiger partial charge in [0, 0.05) is 46.8 Å². The number of hydrogen-bond donors (Lipinski definition) is 0. The fourth-order valence-corrected chi connectivity index (χ4v) is 11.7. The largest absolute Gasteiger partial charge is 0.456 e. The number of fused-ring (bicyclic) bond motifs is 6. The molecule has 0 unspecified atom stereocenters. The van der Waals surface area contributed by atoms with Gasteiger partial charge in [0.15, 0.2) is 0 Å². The number of nitrogens with zero attached hydrogens (tertiary/aromatic N) is 1. The lowest BCUT2D eigenvalue weighted by atomic mass is 10.0. The summed E-state index contributed by atoms with van der Waals surface area (Å²) in [5.74, 6) is 0. The fourth-order valence-electron chi connectivity index (χ4n) is 7.82. The summed E-state index contributed by atoms with van der Waals surface area (Å²) in [5, 5.41) is 4.75. The maximum atomic E-state index is 6.51. The van der Waals surface area contributed by atoms with Gasteiger partial charge in [0.05, 0.1) is 11.0 Å². The van der Waals surface area contributed by atoms with E-state index in [-0.39, 0.29) is 0 Å². The monoisotopic (exact) mass is 701 g/mol. The predicted octanol–water partition coefficient (Wildman–Crippen LogP) is 14.7. The molecule has 0 saturated carbocycles. The van der Waals surface area contributed by atoms with E-state index >= 15 is 0 Å². The summed E-state index contributed by atoms with van der Waals surface area (Å²) < 4.78 is 8.88.